The molecule has 2 aromatic carbocycles. The quantitative estimate of drug-likeness (QED) is 0.742. The number of fused-ring (bicyclic) bond motifs is 1. The molecule has 0 saturated heterocycles. The van der Waals surface area contributed by atoms with E-state index in [2.05, 4.69) is 4.98 Å². The molecule has 1 aromatic heterocycles. The van der Waals surface area contributed by atoms with Crippen LogP contribution in [0.15, 0.2) is 48.7 Å². The maximum absolute atomic E-state index is 13.6. The standard InChI is InChI=1S/C17H15FN2O/c1-11-8-13-14(9-20-11)16(19)6-7-17(13)21-10-12-4-2-3-5-15(12)18/h2-9H,10,19H2,1H3. The third kappa shape index (κ3) is 2.65. The number of nitrogens with zero attached hydrogens (tertiary/aromatic N) is 1. The zero-order valence-electron chi connectivity index (χ0n) is 11.6. The van der Waals surface area contributed by atoms with Gasteiger partial charge in [0.2, 0.25) is 0 Å². The van der Waals surface area contributed by atoms with Crippen LogP contribution in [0.2, 0.25) is 0 Å². The molecule has 1 heterocycles. The Labute approximate surface area is 122 Å². The van der Waals surface area contributed by atoms with E-state index in [9.17, 15) is 4.39 Å². The number of aryl methyl sites for hydroxylation is 1. The summed E-state index contributed by atoms with van der Waals surface area (Å²) in [4.78, 5) is 4.25. The van der Waals surface area contributed by atoms with Crippen LogP contribution in [0.25, 0.3) is 10.8 Å². The van der Waals surface area contributed by atoms with E-state index in [1.165, 1.54) is 6.07 Å². The molecule has 3 rings (SSSR count). The maximum atomic E-state index is 13.6. The highest BCUT2D eigenvalue weighted by molar-refractivity contribution is 5.96. The highest BCUT2D eigenvalue weighted by Crippen LogP contribution is 2.30. The summed E-state index contributed by atoms with van der Waals surface area (Å²) in [5, 5.41) is 1.73. The molecule has 4 heteroatoms. The van der Waals surface area contributed by atoms with Crippen molar-refractivity contribution in [3.05, 3.63) is 65.7 Å². The summed E-state index contributed by atoms with van der Waals surface area (Å²) in [6.45, 7) is 2.08. The van der Waals surface area contributed by atoms with Crippen molar-refractivity contribution in [1.29, 1.82) is 0 Å². The van der Waals surface area contributed by atoms with Gasteiger partial charge >= 0.3 is 0 Å². The van der Waals surface area contributed by atoms with Crippen molar-refractivity contribution in [3.8, 4) is 5.75 Å². The van der Waals surface area contributed by atoms with E-state index in [4.69, 9.17) is 10.5 Å². The maximum Gasteiger partial charge on any atom is 0.129 e. The molecule has 106 valence electrons. The molecule has 0 aliphatic rings. The summed E-state index contributed by atoms with van der Waals surface area (Å²) < 4.78 is 19.4. The Balaban J connectivity index is 1.96. The molecule has 0 bridgehead atoms. The van der Waals surface area contributed by atoms with Crippen LogP contribution in [0, 0.1) is 12.7 Å². The number of hydrogen-bond acceptors (Lipinski definition) is 3. The van der Waals surface area contributed by atoms with E-state index in [1.807, 2.05) is 13.0 Å². The fourth-order valence-corrected chi connectivity index (χ4v) is 2.24. The van der Waals surface area contributed by atoms with E-state index in [-0.39, 0.29) is 12.4 Å². The molecule has 0 fully saturated rings. The summed E-state index contributed by atoms with van der Waals surface area (Å²) in [5.74, 6) is 0.406. The Morgan fingerprint density at radius 1 is 1.14 bits per heavy atom. The second-order valence-corrected chi connectivity index (χ2v) is 4.90. The van der Waals surface area contributed by atoms with E-state index in [0.717, 1.165) is 16.5 Å². The SMILES string of the molecule is Cc1cc2c(OCc3ccccc3F)ccc(N)c2cn1. The van der Waals surface area contributed by atoms with Crippen molar-refractivity contribution < 1.29 is 9.13 Å². The fraction of sp³-hybridized carbons (Fsp3) is 0.118. The van der Waals surface area contributed by atoms with Crippen LogP contribution in [0.1, 0.15) is 11.3 Å². The molecule has 21 heavy (non-hydrogen) atoms. The number of ether oxygens (including phenoxy) is 1. The highest BCUT2D eigenvalue weighted by Gasteiger charge is 2.08. The van der Waals surface area contributed by atoms with E-state index in [0.29, 0.717) is 17.0 Å². The highest BCUT2D eigenvalue weighted by atomic mass is 19.1. The molecule has 0 aliphatic carbocycles. The molecule has 3 aromatic rings. The second-order valence-electron chi connectivity index (χ2n) is 4.90. The molecular weight excluding hydrogens is 267 g/mol. The third-order valence-electron chi connectivity index (χ3n) is 3.37. The predicted octanol–water partition coefficient (Wildman–Crippen LogP) is 3.84. The van der Waals surface area contributed by atoms with Crippen LogP contribution in [-0.2, 0) is 6.61 Å². The lowest BCUT2D eigenvalue weighted by molar-refractivity contribution is 0.303. The van der Waals surface area contributed by atoms with E-state index >= 15 is 0 Å². The Bertz CT molecular complexity index is 802. The van der Waals surface area contributed by atoms with Gasteiger partial charge in [-0.1, -0.05) is 18.2 Å². The lowest BCUT2D eigenvalue weighted by atomic mass is 10.1. The van der Waals surface area contributed by atoms with Gasteiger partial charge in [-0.05, 0) is 31.2 Å². The minimum atomic E-state index is -0.268. The molecule has 0 atom stereocenters. The van der Waals surface area contributed by atoms with Gasteiger partial charge in [0.1, 0.15) is 18.2 Å². The second kappa shape index (κ2) is 5.40. The van der Waals surface area contributed by atoms with Gasteiger partial charge in [0, 0.05) is 33.9 Å². The first-order valence-electron chi connectivity index (χ1n) is 6.66. The number of nitrogens with two attached hydrogens (primary N) is 1. The Kier molecular flexibility index (Phi) is 3.44. The smallest absolute Gasteiger partial charge is 0.129 e. The van der Waals surface area contributed by atoms with Crippen molar-refractivity contribution in [1.82, 2.24) is 4.98 Å². The van der Waals surface area contributed by atoms with Crippen molar-refractivity contribution in [2.45, 2.75) is 13.5 Å². The third-order valence-corrected chi connectivity index (χ3v) is 3.37. The average Bonchev–Trinajstić information content (AvgIpc) is 2.48. The van der Waals surface area contributed by atoms with Crippen LogP contribution in [-0.4, -0.2) is 4.98 Å². The number of benzene rings is 2. The van der Waals surface area contributed by atoms with Gasteiger partial charge in [0.05, 0.1) is 0 Å². The molecule has 0 spiro atoms. The minimum absolute atomic E-state index is 0.174. The van der Waals surface area contributed by atoms with Crippen molar-refractivity contribution in [3.63, 3.8) is 0 Å². The normalized spacial score (nSPS) is 10.8. The Morgan fingerprint density at radius 3 is 2.76 bits per heavy atom. The zero-order valence-corrected chi connectivity index (χ0v) is 11.6. The topological polar surface area (TPSA) is 48.1 Å². The van der Waals surface area contributed by atoms with Gasteiger partial charge in [-0.25, -0.2) is 4.39 Å². The number of anilines is 1. The average molecular weight is 282 g/mol. The lowest BCUT2D eigenvalue weighted by Crippen LogP contribution is -2.00. The number of nitrogen functional groups attached to an aromatic ring is 1. The summed E-state index contributed by atoms with van der Waals surface area (Å²) in [6, 6.07) is 12.1. The summed E-state index contributed by atoms with van der Waals surface area (Å²) in [5.41, 5.74) is 8.00. The van der Waals surface area contributed by atoms with Gasteiger partial charge in [-0.3, -0.25) is 4.98 Å². The molecule has 0 aliphatic heterocycles. The monoisotopic (exact) mass is 282 g/mol. The molecule has 0 saturated carbocycles. The van der Waals surface area contributed by atoms with Crippen LogP contribution < -0.4 is 10.5 Å². The predicted molar refractivity (Wildman–Crippen MR) is 81.6 cm³/mol. The summed E-state index contributed by atoms with van der Waals surface area (Å²) in [6.07, 6.45) is 1.73. The number of pyridine rings is 1. The van der Waals surface area contributed by atoms with Gasteiger partial charge in [-0.15, -0.1) is 0 Å². The van der Waals surface area contributed by atoms with Gasteiger partial charge < -0.3 is 10.5 Å². The van der Waals surface area contributed by atoms with Crippen LogP contribution in [0.3, 0.4) is 0 Å². The van der Waals surface area contributed by atoms with Crippen LogP contribution >= 0.6 is 0 Å². The Hall–Kier alpha value is -2.62. The molecule has 0 unspecified atom stereocenters. The Morgan fingerprint density at radius 2 is 1.95 bits per heavy atom. The van der Waals surface area contributed by atoms with Gasteiger partial charge in [-0.2, -0.15) is 0 Å². The summed E-state index contributed by atoms with van der Waals surface area (Å²) in [7, 11) is 0. The van der Waals surface area contributed by atoms with Crippen molar-refractivity contribution in [2.75, 3.05) is 5.73 Å². The van der Waals surface area contributed by atoms with Gasteiger partial charge in [0.25, 0.3) is 0 Å². The molecule has 3 nitrogen and oxygen atoms in total. The van der Waals surface area contributed by atoms with Gasteiger partial charge in [0.15, 0.2) is 0 Å². The lowest BCUT2D eigenvalue weighted by Gasteiger charge is -2.11. The number of aromatic nitrogens is 1. The summed E-state index contributed by atoms with van der Waals surface area (Å²) >= 11 is 0. The largest absolute Gasteiger partial charge is 0.488 e. The van der Waals surface area contributed by atoms with E-state index in [1.54, 1.807) is 36.5 Å². The minimum Gasteiger partial charge on any atom is -0.488 e. The number of rotatable bonds is 3. The number of hydrogen-bond donors (Lipinski definition) is 1. The molecule has 2 N–H and O–H groups in total. The molecule has 0 amide bonds. The first kappa shape index (κ1) is 13.4. The first-order valence-corrected chi connectivity index (χ1v) is 6.66. The van der Waals surface area contributed by atoms with Crippen molar-refractivity contribution >= 4 is 16.5 Å². The molecule has 0 radical (unpaired) electrons. The number of halogens is 1. The zero-order chi connectivity index (χ0) is 14.8. The fourth-order valence-electron chi connectivity index (χ4n) is 2.24. The van der Waals surface area contributed by atoms with E-state index < -0.39 is 0 Å². The van der Waals surface area contributed by atoms with Crippen LogP contribution in [0.5, 0.6) is 5.75 Å². The van der Waals surface area contributed by atoms with Crippen molar-refractivity contribution in [2.24, 2.45) is 0 Å². The first-order chi connectivity index (χ1) is 10.1. The molecular formula is C17H15FN2O. The van der Waals surface area contributed by atoms with Crippen LogP contribution in [0.4, 0.5) is 10.1 Å².